The van der Waals surface area contributed by atoms with E-state index in [-0.39, 0.29) is 28.9 Å². The number of rotatable bonds is 7. The van der Waals surface area contributed by atoms with E-state index in [0.717, 1.165) is 28.5 Å². The number of benzene rings is 2. The molecule has 0 aliphatic carbocycles. The fourth-order valence-electron chi connectivity index (χ4n) is 2.96. The lowest BCUT2D eigenvalue weighted by molar-refractivity contribution is -0.109. The van der Waals surface area contributed by atoms with Crippen molar-refractivity contribution in [2.75, 3.05) is 13.2 Å². The van der Waals surface area contributed by atoms with E-state index in [1.807, 2.05) is 26.0 Å². The molecular formula is C22H23ClFN3O3S. The second-order valence-corrected chi connectivity index (χ2v) is 7.97. The molecule has 0 aromatic heterocycles. The number of nitrogens with zero attached hydrogens (tertiary/aromatic N) is 2. The third kappa shape index (κ3) is 5.65. The van der Waals surface area contributed by atoms with Gasteiger partial charge >= 0.3 is 0 Å². The zero-order valence-corrected chi connectivity index (χ0v) is 19.0. The summed E-state index contributed by atoms with van der Waals surface area (Å²) in [6.45, 7) is 9.68. The Bertz CT molecular complexity index is 1020. The monoisotopic (exact) mass is 463 g/mol. The molecule has 0 fully saturated rings. The van der Waals surface area contributed by atoms with Crippen LogP contribution >= 0.6 is 23.4 Å². The minimum Gasteiger partial charge on any atom is -0.486 e. The Balaban J connectivity index is 2.28. The molecule has 2 N–H and O–H groups in total. The molecule has 2 aromatic rings. The first-order valence-corrected chi connectivity index (χ1v) is 10.5. The van der Waals surface area contributed by atoms with Crippen LogP contribution in [0.25, 0.3) is 4.91 Å². The molecule has 6 nitrogen and oxygen atoms in total. The molecule has 0 saturated heterocycles. The van der Waals surface area contributed by atoms with Crippen molar-refractivity contribution < 1.29 is 18.7 Å². The van der Waals surface area contributed by atoms with E-state index in [0.29, 0.717) is 16.9 Å². The summed E-state index contributed by atoms with van der Waals surface area (Å²) < 4.78 is 19.8. The van der Waals surface area contributed by atoms with E-state index in [4.69, 9.17) is 22.2 Å². The van der Waals surface area contributed by atoms with Crippen LogP contribution in [-0.4, -0.2) is 35.4 Å². The van der Waals surface area contributed by atoms with Crippen molar-refractivity contribution in [1.29, 1.82) is 0 Å². The third-order valence-corrected chi connectivity index (χ3v) is 5.66. The van der Waals surface area contributed by atoms with Gasteiger partial charge in [0.1, 0.15) is 12.4 Å². The van der Waals surface area contributed by atoms with E-state index >= 15 is 0 Å². The van der Waals surface area contributed by atoms with Crippen molar-refractivity contribution in [2.45, 2.75) is 20.8 Å². The first-order chi connectivity index (χ1) is 14.7. The van der Waals surface area contributed by atoms with Crippen LogP contribution in [0.4, 0.5) is 4.39 Å². The van der Waals surface area contributed by atoms with Gasteiger partial charge in [-0.05, 0) is 73.5 Å². The molecule has 2 aromatic carbocycles. The van der Waals surface area contributed by atoms with Gasteiger partial charge in [0.25, 0.3) is 5.91 Å². The van der Waals surface area contributed by atoms with Gasteiger partial charge in [0.15, 0.2) is 17.3 Å². The lowest BCUT2D eigenvalue weighted by Crippen LogP contribution is -2.36. The number of nitrogens with two attached hydrogens (primary N) is 1. The fourth-order valence-corrected chi connectivity index (χ4v) is 3.96. The summed E-state index contributed by atoms with van der Waals surface area (Å²) in [5, 5.41) is 3.75. The first-order valence-electron chi connectivity index (χ1n) is 9.33. The van der Waals surface area contributed by atoms with Crippen molar-refractivity contribution in [2.24, 2.45) is 10.9 Å². The number of carbonyl (C=O) groups excluding carboxylic acids is 2. The Hall–Kier alpha value is -2.84. The summed E-state index contributed by atoms with van der Waals surface area (Å²) in [5.41, 5.74) is 2.26. The van der Waals surface area contributed by atoms with Crippen molar-refractivity contribution in [3.63, 3.8) is 0 Å². The van der Waals surface area contributed by atoms with Gasteiger partial charge in [-0.15, -0.1) is 0 Å². The standard InChI is InChI=1S/C22H23ClFN3O3S/c1-5-27(21(29)17-7-6-8-18(23)19(17)24)22(26-25)31-15(4)16-11-13(2)20(14(3)12-16)30-10-9-28/h6-9,11-12H,4-5,10,25H2,1-3H3/b26-22-. The van der Waals surface area contributed by atoms with E-state index in [1.165, 1.54) is 23.1 Å². The van der Waals surface area contributed by atoms with Crippen LogP contribution in [0.1, 0.15) is 34.0 Å². The summed E-state index contributed by atoms with van der Waals surface area (Å²) in [4.78, 5) is 25.3. The molecule has 2 rings (SSSR count). The predicted molar refractivity (Wildman–Crippen MR) is 124 cm³/mol. The summed E-state index contributed by atoms with van der Waals surface area (Å²) >= 11 is 6.90. The van der Waals surface area contributed by atoms with Crippen LogP contribution in [0.15, 0.2) is 42.0 Å². The largest absolute Gasteiger partial charge is 0.486 e. The zero-order chi connectivity index (χ0) is 23.1. The fraction of sp³-hybridized carbons (Fsp3) is 0.227. The number of aldehydes is 1. The summed E-state index contributed by atoms with van der Waals surface area (Å²) in [5.74, 6) is 4.77. The van der Waals surface area contributed by atoms with Crippen molar-refractivity contribution in [3.05, 3.63) is 70.0 Å². The molecule has 0 heterocycles. The number of carbonyl (C=O) groups is 2. The number of halogens is 2. The van der Waals surface area contributed by atoms with Crippen molar-refractivity contribution >= 4 is 45.6 Å². The average Bonchev–Trinajstić information content (AvgIpc) is 2.74. The molecule has 0 atom stereocenters. The summed E-state index contributed by atoms with van der Waals surface area (Å²) in [6.07, 6.45) is 0.685. The maximum atomic E-state index is 14.4. The Kier molecular flexibility index (Phi) is 8.65. The molecule has 0 radical (unpaired) electrons. The van der Waals surface area contributed by atoms with Crippen molar-refractivity contribution in [3.8, 4) is 5.75 Å². The van der Waals surface area contributed by atoms with Gasteiger partial charge in [-0.25, -0.2) is 4.39 Å². The zero-order valence-electron chi connectivity index (χ0n) is 17.4. The number of amidine groups is 1. The summed E-state index contributed by atoms with van der Waals surface area (Å²) in [6, 6.07) is 7.92. The number of hydrogen-bond donors (Lipinski definition) is 1. The number of thioether (sulfide) groups is 1. The molecule has 0 bridgehead atoms. The molecule has 0 aliphatic heterocycles. The lowest BCUT2D eigenvalue weighted by Gasteiger charge is -2.23. The first kappa shape index (κ1) is 24.4. The van der Waals surface area contributed by atoms with E-state index < -0.39 is 11.7 Å². The maximum absolute atomic E-state index is 14.4. The maximum Gasteiger partial charge on any atom is 0.262 e. The number of hydrogen-bond acceptors (Lipinski definition) is 6. The van der Waals surface area contributed by atoms with Gasteiger partial charge in [-0.1, -0.05) is 24.2 Å². The number of aryl methyl sites for hydroxylation is 2. The SMILES string of the molecule is C=C(S/C(=N\N)N(CC)C(=O)c1cccc(Cl)c1F)c1cc(C)c(OCC=O)c(C)c1. The van der Waals surface area contributed by atoms with Gasteiger partial charge < -0.3 is 10.6 Å². The van der Waals surface area contributed by atoms with Crippen LogP contribution in [0.3, 0.4) is 0 Å². The molecule has 0 saturated carbocycles. The second-order valence-electron chi connectivity index (χ2n) is 6.50. The molecule has 9 heteroatoms. The molecular weight excluding hydrogens is 441 g/mol. The molecule has 1 amide bonds. The predicted octanol–water partition coefficient (Wildman–Crippen LogP) is 4.77. The van der Waals surface area contributed by atoms with E-state index in [2.05, 4.69) is 11.7 Å². The lowest BCUT2D eigenvalue weighted by atomic mass is 10.1. The highest BCUT2D eigenvalue weighted by Gasteiger charge is 2.25. The topological polar surface area (TPSA) is 85.0 Å². The van der Waals surface area contributed by atoms with Gasteiger partial charge in [0.2, 0.25) is 0 Å². The highest BCUT2D eigenvalue weighted by atomic mass is 35.5. The molecule has 31 heavy (non-hydrogen) atoms. The van der Waals surface area contributed by atoms with Gasteiger partial charge in [-0.3, -0.25) is 14.5 Å². The van der Waals surface area contributed by atoms with Crippen molar-refractivity contribution in [1.82, 2.24) is 4.90 Å². The molecule has 0 unspecified atom stereocenters. The van der Waals surface area contributed by atoms with Crippen LogP contribution < -0.4 is 10.6 Å². The Morgan fingerprint density at radius 1 is 1.35 bits per heavy atom. The minimum atomic E-state index is -0.801. The average molecular weight is 464 g/mol. The highest BCUT2D eigenvalue weighted by molar-refractivity contribution is 8.21. The third-order valence-electron chi connectivity index (χ3n) is 4.38. The van der Waals surface area contributed by atoms with Gasteiger partial charge in [0.05, 0.1) is 10.6 Å². The van der Waals surface area contributed by atoms with Crippen LogP contribution in [-0.2, 0) is 4.79 Å². The normalized spacial score (nSPS) is 11.2. The molecule has 0 aliphatic rings. The molecule has 0 spiro atoms. The van der Waals surface area contributed by atoms with Gasteiger partial charge in [0, 0.05) is 11.4 Å². The smallest absolute Gasteiger partial charge is 0.262 e. The quantitative estimate of drug-likeness (QED) is 0.210. The summed E-state index contributed by atoms with van der Waals surface area (Å²) in [7, 11) is 0. The Morgan fingerprint density at radius 3 is 2.55 bits per heavy atom. The second kappa shape index (κ2) is 11.0. The Morgan fingerprint density at radius 2 is 2.00 bits per heavy atom. The van der Waals surface area contributed by atoms with E-state index in [9.17, 15) is 14.0 Å². The minimum absolute atomic E-state index is 0.0334. The van der Waals surface area contributed by atoms with E-state index in [1.54, 1.807) is 6.92 Å². The van der Waals surface area contributed by atoms with Crippen LogP contribution in [0.5, 0.6) is 5.75 Å². The van der Waals surface area contributed by atoms with Crippen LogP contribution in [0.2, 0.25) is 5.02 Å². The number of hydrazone groups is 1. The van der Waals surface area contributed by atoms with Crippen LogP contribution in [0, 0.1) is 19.7 Å². The van der Waals surface area contributed by atoms with Gasteiger partial charge in [-0.2, -0.15) is 5.10 Å². The number of ether oxygens (including phenoxy) is 1. The molecule has 164 valence electrons. The Labute approximate surface area is 189 Å². The highest BCUT2D eigenvalue weighted by Crippen LogP contribution is 2.34. The number of amides is 1.